The Hall–Kier alpha value is -1.24. The monoisotopic (exact) mass is 262 g/mol. The number of rotatable bonds is 3. The maximum Gasteiger partial charge on any atom is 0.573 e. The average Bonchev–Trinajstić information content (AvgIpc) is 2.06. The molecule has 1 aromatic rings. The van der Waals surface area contributed by atoms with E-state index in [4.69, 9.17) is 11.6 Å². The molecule has 0 heterocycles. The minimum atomic E-state index is -4.89. The van der Waals surface area contributed by atoms with E-state index in [2.05, 4.69) is 9.47 Å². The van der Waals surface area contributed by atoms with Crippen molar-refractivity contribution in [3.63, 3.8) is 0 Å². The Morgan fingerprint density at radius 2 is 1.81 bits per heavy atom. The highest BCUT2D eigenvalue weighted by molar-refractivity contribution is 6.32. The maximum absolute atomic E-state index is 11.8. The quantitative estimate of drug-likeness (QED) is 0.771. The zero-order valence-electron chi connectivity index (χ0n) is 7.39. The second kappa shape index (κ2) is 4.73. The molecule has 0 aliphatic rings. The van der Waals surface area contributed by atoms with E-state index in [-0.39, 0.29) is 5.75 Å². The lowest BCUT2D eigenvalue weighted by Gasteiger charge is -2.11. The maximum atomic E-state index is 11.8. The third-order valence-electron chi connectivity index (χ3n) is 1.35. The molecule has 0 saturated carbocycles. The molecular weight excluding hydrogens is 259 g/mol. The Bertz CT molecular complexity index is 366. The number of hydrogen-bond acceptors (Lipinski definition) is 2. The Morgan fingerprint density at radius 1 is 1.19 bits per heavy atom. The molecule has 0 N–H and O–H groups in total. The SMILES string of the molecule is FC(F)Oc1ccc(OC(F)(F)F)c(Cl)c1. The van der Waals surface area contributed by atoms with Crippen molar-refractivity contribution in [2.75, 3.05) is 0 Å². The summed E-state index contributed by atoms with van der Waals surface area (Å²) in [5.41, 5.74) is 0. The first kappa shape index (κ1) is 12.8. The van der Waals surface area contributed by atoms with Crippen LogP contribution in [-0.2, 0) is 0 Å². The highest BCUT2D eigenvalue weighted by Gasteiger charge is 2.32. The lowest BCUT2D eigenvalue weighted by Crippen LogP contribution is -2.17. The lowest BCUT2D eigenvalue weighted by molar-refractivity contribution is -0.274. The van der Waals surface area contributed by atoms with Gasteiger partial charge >= 0.3 is 13.0 Å². The molecule has 16 heavy (non-hydrogen) atoms. The van der Waals surface area contributed by atoms with Crippen LogP contribution in [0.4, 0.5) is 22.0 Å². The summed E-state index contributed by atoms with van der Waals surface area (Å²) in [6.45, 7) is -3.08. The Balaban J connectivity index is 2.83. The fraction of sp³-hybridized carbons (Fsp3) is 0.250. The fourth-order valence-corrected chi connectivity index (χ4v) is 1.07. The van der Waals surface area contributed by atoms with Crippen LogP contribution in [0.1, 0.15) is 0 Å². The van der Waals surface area contributed by atoms with Crippen LogP contribution in [0, 0.1) is 0 Å². The number of alkyl halides is 5. The predicted octanol–water partition coefficient (Wildman–Crippen LogP) is 3.84. The van der Waals surface area contributed by atoms with Crippen LogP contribution in [0.2, 0.25) is 5.02 Å². The van der Waals surface area contributed by atoms with Crippen molar-refractivity contribution in [3.05, 3.63) is 23.2 Å². The van der Waals surface area contributed by atoms with E-state index in [1.807, 2.05) is 0 Å². The van der Waals surface area contributed by atoms with Crippen LogP contribution in [0.15, 0.2) is 18.2 Å². The van der Waals surface area contributed by atoms with Gasteiger partial charge in [-0.25, -0.2) is 0 Å². The highest BCUT2D eigenvalue weighted by Crippen LogP contribution is 2.33. The Labute approximate surface area is 91.5 Å². The van der Waals surface area contributed by atoms with Crippen LogP contribution >= 0.6 is 11.6 Å². The Kier molecular flexibility index (Phi) is 3.79. The van der Waals surface area contributed by atoms with Crippen molar-refractivity contribution in [2.24, 2.45) is 0 Å². The van der Waals surface area contributed by atoms with Crippen LogP contribution in [0.5, 0.6) is 11.5 Å². The molecule has 0 amide bonds. The smallest absolute Gasteiger partial charge is 0.435 e. The van der Waals surface area contributed by atoms with E-state index in [1.54, 1.807) is 0 Å². The molecule has 0 aliphatic heterocycles. The molecule has 2 nitrogen and oxygen atoms in total. The zero-order valence-corrected chi connectivity index (χ0v) is 8.15. The normalized spacial score (nSPS) is 11.7. The summed E-state index contributed by atoms with van der Waals surface area (Å²) in [4.78, 5) is 0. The van der Waals surface area contributed by atoms with E-state index >= 15 is 0 Å². The van der Waals surface area contributed by atoms with Gasteiger partial charge in [0.15, 0.2) is 0 Å². The van der Waals surface area contributed by atoms with Gasteiger partial charge in [-0.2, -0.15) is 8.78 Å². The highest BCUT2D eigenvalue weighted by atomic mass is 35.5. The molecule has 0 fully saturated rings. The summed E-state index contributed by atoms with van der Waals surface area (Å²) in [6, 6.07) is 2.47. The molecule has 0 unspecified atom stereocenters. The van der Waals surface area contributed by atoms with Crippen LogP contribution in [0.3, 0.4) is 0 Å². The summed E-state index contributed by atoms with van der Waals surface area (Å²) in [5.74, 6) is -1.04. The van der Waals surface area contributed by atoms with Gasteiger partial charge in [0.2, 0.25) is 0 Å². The van der Waals surface area contributed by atoms with E-state index in [0.717, 1.165) is 18.2 Å². The van der Waals surface area contributed by atoms with Crippen molar-refractivity contribution in [1.29, 1.82) is 0 Å². The predicted molar refractivity (Wildman–Crippen MR) is 44.8 cm³/mol. The van der Waals surface area contributed by atoms with Crippen molar-refractivity contribution in [3.8, 4) is 11.5 Å². The number of benzene rings is 1. The topological polar surface area (TPSA) is 18.5 Å². The van der Waals surface area contributed by atoms with Crippen molar-refractivity contribution in [2.45, 2.75) is 13.0 Å². The van der Waals surface area contributed by atoms with E-state index in [0.29, 0.717) is 0 Å². The molecule has 0 aromatic heterocycles. The largest absolute Gasteiger partial charge is 0.573 e. The molecule has 0 spiro atoms. The third-order valence-corrected chi connectivity index (χ3v) is 1.65. The van der Waals surface area contributed by atoms with Gasteiger partial charge in [0, 0.05) is 6.07 Å². The van der Waals surface area contributed by atoms with Gasteiger partial charge in [-0.1, -0.05) is 11.6 Å². The zero-order chi connectivity index (χ0) is 12.3. The van der Waals surface area contributed by atoms with Gasteiger partial charge < -0.3 is 9.47 Å². The first-order valence-electron chi connectivity index (χ1n) is 3.78. The van der Waals surface area contributed by atoms with Crippen LogP contribution in [-0.4, -0.2) is 13.0 Å². The number of hydrogen-bond donors (Lipinski definition) is 0. The molecular formula is C8H4ClF5O2. The summed E-state index contributed by atoms with van der Waals surface area (Å²) >= 11 is 5.37. The van der Waals surface area contributed by atoms with Gasteiger partial charge in [0.05, 0.1) is 5.02 Å². The second-order valence-corrected chi connectivity index (χ2v) is 2.93. The van der Waals surface area contributed by atoms with Crippen molar-refractivity contribution in [1.82, 2.24) is 0 Å². The van der Waals surface area contributed by atoms with Crippen LogP contribution < -0.4 is 9.47 Å². The molecule has 0 radical (unpaired) electrons. The van der Waals surface area contributed by atoms with Crippen LogP contribution in [0.25, 0.3) is 0 Å². The summed E-state index contributed by atoms with van der Waals surface area (Å²) < 4.78 is 66.3. The van der Waals surface area contributed by atoms with Gasteiger partial charge in [0.25, 0.3) is 0 Å². The Morgan fingerprint density at radius 3 is 2.25 bits per heavy atom. The lowest BCUT2D eigenvalue weighted by atomic mass is 10.3. The first-order chi connectivity index (χ1) is 7.28. The molecule has 0 aliphatic carbocycles. The van der Waals surface area contributed by atoms with Gasteiger partial charge in [0.1, 0.15) is 11.5 Å². The van der Waals surface area contributed by atoms with E-state index in [1.165, 1.54) is 0 Å². The molecule has 1 rings (SSSR count). The van der Waals surface area contributed by atoms with Crippen molar-refractivity contribution >= 4 is 11.6 Å². The van der Waals surface area contributed by atoms with Gasteiger partial charge in [-0.05, 0) is 12.1 Å². The minimum absolute atomic E-state index is 0.352. The van der Waals surface area contributed by atoms with E-state index < -0.39 is 23.7 Å². The summed E-state index contributed by atoms with van der Waals surface area (Å²) in [6.07, 6.45) is -4.89. The van der Waals surface area contributed by atoms with Gasteiger partial charge in [-0.3, -0.25) is 0 Å². The molecule has 0 atom stereocenters. The standard InChI is InChI=1S/C8H4ClF5O2/c9-5-3-4(15-7(10)11)1-2-6(5)16-8(12,13)14/h1-3,7H. The summed E-state index contributed by atoms with van der Waals surface area (Å²) in [5, 5.41) is -0.476. The molecule has 0 saturated heterocycles. The second-order valence-electron chi connectivity index (χ2n) is 2.52. The number of halogens is 6. The summed E-state index contributed by atoms with van der Waals surface area (Å²) in [7, 11) is 0. The average molecular weight is 263 g/mol. The molecule has 8 heteroatoms. The molecule has 90 valence electrons. The molecule has 0 bridgehead atoms. The van der Waals surface area contributed by atoms with E-state index in [9.17, 15) is 22.0 Å². The van der Waals surface area contributed by atoms with Gasteiger partial charge in [-0.15, -0.1) is 13.2 Å². The molecule has 1 aromatic carbocycles. The minimum Gasteiger partial charge on any atom is -0.435 e. The van der Waals surface area contributed by atoms with Crippen molar-refractivity contribution < 1.29 is 31.4 Å². The third kappa shape index (κ3) is 4.09. The first-order valence-corrected chi connectivity index (χ1v) is 4.16. The fourth-order valence-electron chi connectivity index (χ4n) is 0.865. The number of ether oxygens (including phenoxy) is 2.